The van der Waals surface area contributed by atoms with Crippen LogP contribution >= 0.6 is 11.3 Å². The smallest absolute Gasteiger partial charge is 0.291 e. The summed E-state index contributed by atoms with van der Waals surface area (Å²) in [6.07, 6.45) is -0.145. The maximum Gasteiger partial charge on any atom is 0.291 e. The number of aryl methyl sites for hydroxylation is 1. The molecule has 13 heteroatoms. The Balaban J connectivity index is 1.72. The fourth-order valence-corrected chi connectivity index (χ4v) is 6.67. The van der Waals surface area contributed by atoms with Crippen molar-refractivity contribution >= 4 is 38.0 Å². The van der Waals surface area contributed by atoms with Gasteiger partial charge in [-0.3, -0.25) is 0 Å². The maximum absolute atomic E-state index is 13.3. The van der Waals surface area contributed by atoms with Gasteiger partial charge >= 0.3 is 0 Å². The number of benzene rings is 1. The summed E-state index contributed by atoms with van der Waals surface area (Å²) in [7, 11) is -3.82. The lowest BCUT2D eigenvalue weighted by Crippen LogP contribution is -2.54. The molecule has 35 heavy (non-hydrogen) atoms. The van der Waals surface area contributed by atoms with Crippen LogP contribution in [0.5, 0.6) is 0 Å². The molecule has 0 radical (unpaired) electrons. The molecule has 0 bridgehead atoms. The van der Waals surface area contributed by atoms with Gasteiger partial charge in [0.25, 0.3) is 6.43 Å². The number of hydrogen-bond donors (Lipinski definition) is 2. The van der Waals surface area contributed by atoms with E-state index in [1.807, 2.05) is 0 Å². The molecule has 2 aliphatic rings. The lowest BCUT2D eigenvalue weighted by atomic mass is 9.94. The van der Waals surface area contributed by atoms with Gasteiger partial charge in [0.15, 0.2) is 10.0 Å². The second-order valence-electron chi connectivity index (χ2n) is 9.33. The number of hydrogen-bond acceptors (Lipinski definition) is 9. The highest BCUT2D eigenvalue weighted by Gasteiger charge is 2.30. The Bertz CT molecular complexity index is 1350. The molecule has 1 aliphatic heterocycles. The third-order valence-electron chi connectivity index (χ3n) is 6.33. The van der Waals surface area contributed by atoms with Crippen LogP contribution in [0.25, 0.3) is 21.6 Å². The van der Waals surface area contributed by atoms with E-state index in [9.17, 15) is 17.2 Å². The zero-order chi connectivity index (χ0) is 24.9. The number of nitrogens with zero attached hydrogens (tertiary/aromatic N) is 5. The van der Waals surface area contributed by atoms with E-state index in [1.54, 1.807) is 13.0 Å². The van der Waals surface area contributed by atoms with Crippen molar-refractivity contribution in [2.45, 2.75) is 69.5 Å². The van der Waals surface area contributed by atoms with Crippen molar-refractivity contribution < 1.29 is 17.2 Å². The Kier molecular flexibility index (Phi) is 6.45. The van der Waals surface area contributed by atoms with Crippen LogP contribution in [0.1, 0.15) is 50.4 Å². The van der Waals surface area contributed by atoms with Gasteiger partial charge in [0.2, 0.25) is 10.0 Å². The van der Waals surface area contributed by atoms with Crippen LogP contribution in [0.4, 0.5) is 14.5 Å². The van der Waals surface area contributed by atoms with Gasteiger partial charge in [-0.1, -0.05) is 17.8 Å². The average Bonchev–Trinajstić information content (AvgIpc) is 3.25. The molecule has 3 heterocycles. The number of rotatable bonds is 6. The van der Waals surface area contributed by atoms with Gasteiger partial charge in [-0.15, -0.1) is 10.2 Å². The first-order chi connectivity index (χ1) is 16.6. The molecule has 2 N–H and O–H groups in total. The van der Waals surface area contributed by atoms with Gasteiger partial charge in [-0.25, -0.2) is 31.9 Å². The van der Waals surface area contributed by atoms with Gasteiger partial charge in [0.05, 0.1) is 16.1 Å². The summed E-state index contributed by atoms with van der Waals surface area (Å²) >= 11 is 0.745. The summed E-state index contributed by atoms with van der Waals surface area (Å²) < 4.78 is 55.9. The van der Waals surface area contributed by atoms with E-state index in [4.69, 9.17) is 0 Å². The SMILES string of the molecule is Cc1nc(-c2nnc(C(F)F)s2)c2cc(S(=O)(=O)NC3CCC3)cc(N3C[C@H](C)N[C@@H](C)C3)c2n1. The Morgan fingerprint density at radius 1 is 1.14 bits per heavy atom. The number of halogens is 2. The molecular formula is C22H27F2N7O2S2. The van der Waals surface area contributed by atoms with Gasteiger partial charge in [-0.2, -0.15) is 0 Å². The van der Waals surface area contributed by atoms with Crippen LogP contribution < -0.4 is 14.9 Å². The maximum atomic E-state index is 13.3. The van der Waals surface area contributed by atoms with Crippen LogP contribution in [0.3, 0.4) is 0 Å². The second-order valence-corrected chi connectivity index (χ2v) is 12.1. The summed E-state index contributed by atoms with van der Waals surface area (Å²) in [6, 6.07) is 3.47. The van der Waals surface area contributed by atoms with Crippen LogP contribution in [-0.4, -0.2) is 59.8 Å². The second kappa shape index (κ2) is 9.26. The molecule has 2 fully saturated rings. The number of aromatic nitrogens is 4. The first kappa shape index (κ1) is 24.3. The van der Waals surface area contributed by atoms with Crippen molar-refractivity contribution in [3.8, 4) is 10.7 Å². The third-order valence-corrected chi connectivity index (χ3v) is 8.77. The van der Waals surface area contributed by atoms with E-state index in [-0.39, 0.29) is 28.0 Å². The zero-order valence-electron chi connectivity index (χ0n) is 19.6. The highest BCUT2D eigenvalue weighted by Crippen LogP contribution is 2.37. The number of fused-ring (bicyclic) bond motifs is 1. The van der Waals surface area contributed by atoms with Crippen LogP contribution in [0.2, 0.25) is 0 Å². The molecule has 2 atom stereocenters. The summed E-state index contributed by atoms with van der Waals surface area (Å²) in [5.41, 5.74) is 1.53. The first-order valence-electron chi connectivity index (χ1n) is 11.6. The van der Waals surface area contributed by atoms with Crippen molar-refractivity contribution in [1.29, 1.82) is 0 Å². The molecule has 5 rings (SSSR count). The van der Waals surface area contributed by atoms with Gasteiger partial charge in [-0.05, 0) is 45.7 Å². The van der Waals surface area contributed by atoms with Crippen molar-refractivity contribution in [1.82, 2.24) is 30.2 Å². The molecule has 0 unspecified atom stereocenters. The molecule has 3 aromatic rings. The standard InChI is InChI=1S/C22H27F2N7O2S2/c1-11-9-31(10-12(2)25-11)17-8-15(35(32,33)30-14-5-4-6-14)7-16-18(17)26-13(3)27-19(16)21-28-29-22(34-21)20(23)24/h7-8,11-12,14,20,25,30H,4-6,9-10H2,1-3H3/t11-,12-/m0/s1. The molecule has 2 aromatic heterocycles. The van der Waals surface area contributed by atoms with Crippen molar-refractivity contribution in [3.05, 3.63) is 23.0 Å². The van der Waals surface area contributed by atoms with E-state index in [0.29, 0.717) is 41.2 Å². The van der Waals surface area contributed by atoms with Gasteiger partial charge in [0, 0.05) is 36.6 Å². The summed E-state index contributed by atoms with van der Waals surface area (Å²) in [6.45, 7) is 7.18. The summed E-state index contributed by atoms with van der Waals surface area (Å²) in [4.78, 5) is 11.4. The summed E-state index contributed by atoms with van der Waals surface area (Å²) in [5, 5.41) is 11.2. The lowest BCUT2D eigenvalue weighted by Gasteiger charge is -2.38. The van der Waals surface area contributed by atoms with E-state index < -0.39 is 21.5 Å². The number of sulfonamides is 1. The highest BCUT2D eigenvalue weighted by atomic mass is 32.2. The Hall–Kier alpha value is -2.35. The van der Waals surface area contributed by atoms with E-state index >= 15 is 0 Å². The lowest BCUT2D eigenvalue weighted by molar-refractivity contribution is 0.150. The number of anilines is 1. The zero-order valence-corrected chi connectivity index (χ0v) is 21.3. The van der Waals surface area contributed by atoms with Crippen molar-refractivity contribution in [2.75, 3.05) is 18.0 Å². The molecule has 9 nitrogen and oxygen atoms in total. The van der Waals surface area contributed by atoms with Crippen molar-refractivity contribution in [3.63, 3.8) is 0 Å². The molecule has 1 saturated carbocycles. The predicted octanol–water partition coefficient (Wildman–Crippen LogP) is 3.41. The quantitative estimate of drug-likeness (QED) is 0.506. The van der Waals surface area contributed by atoms with Crippen molar-refractivity contribution in [2.24, 2.45) is 0 Å². The molecule has 188 valence electrons. The minimum absolute atomic E-state index is 0.0797. The van der Waals surface area contributed by atoms with E-state index in [1.165, 1.54) is 6.07 Å². The number of piperazine rings is 1. The predicted molar refractivity (Wildman–Crippen MR) is 130 cm³/mol. The monoisotopic (exact) mass is 523 g/mol. The van der Waals surface area contributed by atoms with E-state index in [2.05, 4.69) is 49.0 Å². The minimum atomic E-state index is -3.82. The fourth-order valence-electron chi connectivity index (χ4n) is 4.61. The fraction of sp³-hybridized carbons (Fsp3) is 0.545. The minimum Gasteiger partial charge on any atom is -0.367 e. The van der Waals surface area contributed by atoms with Gasteiger partial charge in [0.1, 0.15) is 11.5 Å². The Morgan fingerprint density at radius 2 is 1.86 bits per heavy atom. The average molecular weight is 524 g/mol. The molecule has 1 aliphatic carbocycles. The number of nitrogens with one attached hydrogen (secondary N) is 2. The third kappa shape index (κ3) is 4.86. The number of alkyl halides is 2. The van der Waals surface area contributed by atoms with Crippen LogP contribution in [0, 0.1) is 6.92 Å². The van der Waals surface area contributed by atoms with E-state index in [0.717, 1.165) is 30.6 Å². The topological polar surface area (TPSA) is 113 Å². The summed E-state index contributed by atoms with van der Waals surface area (Å²) in [5.74, 6) is 0.432. The normalized spacial score (nSPS) is 21.6. The Morgan fingerprint density at radius 3 is 2.46 bits per heavy atom. The van der Waals surface area contributed by atoms with Crippen LogP contribution in [0.15, 0.2) is 17.0 Å². The molecule has 1 aromatic carbocycles. The first-order valence-corrected chi connectivity index (χ1v) is 13.9. The highest BCUT2D eigenvalue weighted by molar-refractivity contribution is 7.89. The molecule has 0 amide bonds. The van der Waals surface area contributed by atoms with Gasteiger partial charge < -0.3 is 10.2 Å². The largest absolute Gasteiger partial charge is 0.367 e. The Labute approximate surface area is 206 Å². The molecular weight excluding hydrogens is 496 g/mol. The van der Waals surface area contributed by atoms with Crippen LogP contribution in [-0.2, 0) is 10.0 Å². The molecule has 0 spiro atoms. The molecule has 1 saturated heterocycles.